The van der Waals surface area contributed by atoms with Gasteiger partial charge in [-0.3, -0.25) is 9.58 Å². The molecule has 0 saturated carbocycles. The quantitative estimate of drug-likeness (QED) is 0.876. The summed E-state index contributed by atoms with van der Waals surface area (Å²) in [6, 6.07) is 0.959. The van der Waals surface area contributed by atoms with Crippen LogP contribution in [-0.4, -0.2) is 45.8 Å². The van der Waals surface area contributed by atoms with Crippen molar-refractivity contribution in [3.63, 3.8) is 0 Å². The predicted octanol–water partition coefficient (Wildman–Crippen LogP) is 1.17. The van der Waals surface area contributed by atoms with Crippen LogP contribution >= 0.6 is 11.8 Å². The lowest BCUT2D eigenvalue weighted by Crippen LogP contribution is -2.38. The zero-order chi connectivity index (χ0) is 12.4. The minimum Gasteiger partial charge on any atom is -0.329 e. The first-order chi connectivity index (χ1) is 8.13. The highest BCUT2D eigenvalue weighted by molar-refractivity contribution is 7.99. The topological polar surface area (TPSA) is 47.1 Å². The average Bonchev–Trinajstić information content (AvgIpc) is 2.90. The molecule has 0 aliphatic carbocycles. The first kappa shape index (κ1) is 12.9. The van der Waals surface area contributed by atoms with E-state index in [4.69, 9.17) is 5.73 Å². The van der Waals surface area contributed by atoms with Crippen LogP contribution in [0.1, 0.15) is 23.7 Å². The number of nitrogens with zero attached hydrogens (tertiary/aromatic N) is 3. The minimum atomic E-state index is 0.299. The Balaban J connectivity index is 2.17. The van der Waals surface area contributed by atoms with Crippen molar-refractivity contribution >= 4 is 11.8 Å². The molecule has 2 unspecified atom stereocenters. The molecule has 4 nitrogen and oxygen atoms in total. The predicted molar refractivity (Wildman–Crippen MR) is 73.2 cm³/mol. The van der Waals surface area contributed by atoms with Crippen LogP contribution in [0.2, 0.25) is 0 Å². The summed E-state index contributed by atoms with van der Waals surface area (Å²) in [7, 11) is 4.16. The normalized spacial score (nSPS) is 22.3. The molecule has 1 aromatic rings. The number of hydrogen-bond donors (Lipinski definition) is 1. The molecule has 1 aliphatic heterocycles. The Bertz CT molecular complexity index is 371. The lowest BCUT2D eigenvalue weighted by atomic mass is 10.0. The van der Waals surface area contributed by atoms with E-state index in [1.54, 1.807) is 0 Å². The van der Waals surface area contributed by atoms with Gasteiger partial charge in [0, 0.05) is 37.1 Å². The molecule has 1 fully saturated rings. The Labute approximate surface area is 108 Å². The summed E-state index contributed by atoms with van der Waals surface area (Å²) < 4.78 is 1.88. The first-order valence-electron chi connectivity index (χ1n) is 6.13. The van der Waals surface area contributed by atoms with E-state index in [-0.39, 0.29) is 0 Å². The third-order valence-electron chi connectivity index (χ3n) is 3.61. The van der Waals surface area contributed by atoms with Gasteiger partial charge in [-0.15, -0.1) is 0 Å². The number of thioether (sulfide) groups is 1. The van der Waals surface area contributed by atoms with Crippen LogP contribution in [0.25, 0.3) is 0 Å². The highest BCUT2D eigenvalue weighted by Gasteiger charge is 2.27. The molecule has 1 aliphatic rings. The standard InChI is InChI=1S/C12H22N4S/c1-9-11(7-15(2)14-9)12(6-13)16(3)10-4-5-17-8-10/h7,10,12H,4-6,8,13H2,1-3H3. The summed E-state index contributed by atoms with van der Waals surface area (Å²) in [6.07, 6.45) is 3.38. The summed E-state index contributed by atoms with van der Waals surface area (Å²) in [5, 5.41) is 4.42. The van der Waals surface area contributed by atoms with Crippen LogP contribution in [-0.2, 0) is 7.05 Å². The third kappa shape index (κ3) is 2.67. The molecule has 1 aromatic heterocycles. The van der Waals surface area contributed by atoms with Crippen LogP contribution in [0, 0.1) is 6.92 Å². The zero-order valence-corrected chi connectivity index (χ0v) is 11.7. The van der Waals surface area contributed by atoms with E-state index >= 15 is 0 Å². The fourth-order valence-corrected chi connectivity index (χ4v) is 3.83. The second kappa shape index (κ2) is 5.42. The van der Waals surface area contributed by atoms with Gasteiger partial charge in [0.15, 0.2) is 0 Å². The van der Waals surface area contributed by atoms with E-state index in [1.807, 2.05) is 23.5 Å². The number of rotatable bonds is 4. The summed E-state index contributed by atoms with van der Waals surface area (Å²) >= 11 is 2.04. The molecular weight excluding hydrogens is 232 g/mol. The Kier molecular flexibility index (Phi) is 4.12. The van der Waals surface area contributed by atoms with Crippen LogP contribution in [0.3, 0.4) is 0 Å². The van der Waals surface area contributed by atoms with Crippen LogP contribution in [0.5, 0.6) is 0 Å². The molecule has 96 valence electrons. The van der Waals surface area contributed by atoms with Gasteiger partial charge >= 0.3 is 0 Å². The summed E-state index contributed by atoms with van der Waals surface area (Å²) in [4.78, 5) is 2.43. The maximum atomic E-state index is 5.97. The van der Waals surface area contributed by atoms with E-state index in [0.717, 1.165) is 5.69 Å². The molecule has 0 spiro atoms. The summed E-state index contributed by atoms with van der Waals surface area (Å²) in [5.74, 6) is 2.50. The molecule has 17 heavy (non-hydrogen) atoms. The van der Waals surface area contributed by atoms with Crippen LogP contribution < -0.4 is 5.73 Å². The highest BCUT2D eigenvalue weighted by Crippen LogP contribution is 2.29. The van der Waals surface area contributed by atoms with Crippen LogP contribution in [0.15, 0.2) is 6.20 Å². The van der Waals surface area contributed by atoms with Crippen molar-refractivity contribution in [1.29, 1.82) is 0 Å². The number of nitrogens with two attached hydrogens (primary N) is 1. The highest BCUT2D eigenvalue weighted by atomic mass is 32.2. The molecule has 1 saturated heterocycles. The van der Waals surface area contributed by atoms with Gasteiger partial charge in [-0.25, -0.2) is 0 Å². The zero-order valence-electron chi connectivity index (χ0n) is 10.9. The molecular formula is C12H22N4S. The number of aryl methyl sites for hydroxylation is 2. The maximum Gasteiger partial charge on any atom is 0.0641 e. The van der Waals surface area contributed by atoms with E-state index in [2.05, 4.69) is 30.2 Å². The Hall–Kier alpha value is -0.520. The van der Waals surface area contributed by atoms with Gasteiger partial charge < -0.3 is 5.73 Å². The fourth-order valence-electron chi connectivity index (χ4n) is 2.56. The molecule has 2 N–H and O–H groups in total. The van der Waals surface area contributed by atoms with Gasteiger partial charge in [0.05, 0.1) is 11.7 Å². The summed E-state index contributed by atoms with van der Waals surface area (Å²) in [5.41, 5.74) is 8.34. The Morgan fingerprint density at radius 2 is 2.47 bits per heavy atom. The average molecular weight is 254 g/mol. The lowest BCUT2D eigenvalue weighted by molar-refractivity contribution is 0.192. The molecule has 0 amide bonds. The maximum absolute atomic E-state index is 5.97. The van der Waals surface area contributed by atoms with Crippen molar-refractivity contribution < 1.29 is 0 Å². The van der Waals surface area contributed by atoms with Crippen molar-refractivity contribution in [3.05, 3.63) is 17.5 Å². The van der Waals surface area contributed by atoms with Gasteiger partial charge in [0.25, 0.3) is 0 Å². The van der Waals surface area contributed by atoms with Crippen LogP contribution in [0.4, 0.5) is 0 Å². The first-order valence-corrected chi connectivity index (χ1v) is 7.29. The van der Waals surface area contributed by atoms with E-state index in [1.165, 1.54) is 23.5 Å². The molecule has 2 heterocycles. The largest absolute Gasteiger partial charge is 0.329 e. The smallest absolute Gasteiger partial charge is 0.0641 e. The van der Waals surface area contributed by atoms with Crippen molar-refractivity contribution in [2.75, 3.05) is 25.1 Å². The summed E-state index contributed by atoms with van der Waals surface area (Å²) in [6.45, 7) is 2.72. The van der Waals surface area contributed by atoms with E-state index in [9.17, 15) is 0 Å². The van der Waals surface area contributed by atoms with Crippen molar-refractivity contribution in [2.45, 2.75) is 25.4 Å². The monoisotopic (exact) mass is 254 g/mol. The second-order valence-corrected chi connectivity index (χ2v) is 5.93. The fraction of sp³-hybridized carbons (Fsp3) is 0.750. The van der Waals surface area contributed by atoms with Gasteiger partial charge in [0.1, 0.15) is 0 Å². The third-order valence-corrected chi connectivity index (χ3v) is 4.75. The van der Waals surface area contributed by atoms with Crippen molar-refractivity contribution in [2.24, 2.45) is 12.8 Å². The second-order valence-electron chi connectivity index (χ2n) is 4.78. The Morgan fingerprint density at radius 3 is 2.94 bits per heavy atom. The van der Waals surface area contributed by atoms with Crippen molar-refractivity contribution in [3.8, 4) is 0 Å². The molecule has 0 bridgehead atoms. The van der Waals surface area contributed by atoms with E-state index in [0.29, 0.717) is 18.6 Å². The lowest BCUT2D eigenvalue weighted by Gasteiger charge is -2.31. The number of aromatic nitrogens is 2. The number of hydrogen-bond acceptors (Lipinski definition) is 4. The SMILES string of the molecule is Cc1nn(C)cc1C(CN)N(C)C1CCSC1. The molecule has 0 aromatic carbocycles. The molecule has 5 heteroatoms. The van der Waals surface area contributed by atoms with E-state index < -0.39 is 0 Å². The van der Waals surface area contributed by atoms with Gasteiger partial charge in [-0.1, -0.05) is 0 Å². The van der Waals surface area contributed by atoms with Gasteiger partial charge in [-0.05, 0) is 26.1 Å². The van der Waals surface area contributed by atoms with Crippen molar-refractivity contribution in [1.82, 2.24) is 14.7 Å². The Morgan fingerprint density at radius 1 is 1.71 bits per heavy atom. The molecule has 2 atom stereocenters. The van der Waals surface area contributed by atoms with Gasteiger partial charge in [0.2, 0.25) is 0 Å². The van der Waals surface area contributed by atoms with Gasteiger partial charge in [-0.2, -0.15) is 16.9 Å². The molecule has 0 radical (unpaired) electrons. The number of likely N-dealkylation sites (N-methyl/N-ethyl adjacent to an activating group) is 1. The molecule has 2 rings (SSSR count). The minimum absolute atomic E-state index is 0.299.